The minimum atomic E-state index is 0.630. The molecule has 2 nitrogen and oxygen atoms in total. The summed E-state index contributed by atoms with van der Waals surface area (Å²) in [6, 6.07) is 0. The number of nitrogens with one attached hydrogen (secondary N) is 1. The minimum absolute atomic E-state index is 0.630. The maximum Gasteiger partial charge on any atom is 0.00702 e. The number of hydrogen-bond acceptors (Lipinski definition) is 4. The molecule has 4 fully saturated rings. The number of fused-ring (bicyclic) bond motifs is 5. The average Bonchev–Trinajstić information content (AvgIpc) is 3.09. The van der Waals surface area contributed by atoms with Crippen LogP contribution in [0, 0.1) is 46.3 Å². The third-order valence-electron chi connectivity index (χ3n) is 12.3. The summed E-state index contributed by atoms with van der Waals surface area (Å²) in [5, 5.41) is 3.74. The van der Waals surface area contributed by atoms with Crippen LogP contribution in [0.4, 0.5) is 0 Å². The second-order valence-electron chi connectivity index (χ2n) is 14.0. The normalized spacial score (nSPS) is 39.3. The van der Waals surface area contributed by atoms with Crippen molar-refractivity contribution in [3.8, 4) is 0 Å². The highest BCUT2D eigenvalue weighted by Gasteiger charge is 2.59. The lowest BCUT2D eigenvalue weighted by atomic mass is 9.46. The van der Waals surface area contributed by atoms with Crippen LogP contribution < -0.4 is 5.32 Å². The molecule has 0 aliphatic heterocycles. The summed E-state index contributed by atoms with van der Waals surface area (Å²) in [5.41, 5.74) is 1.30. The molecule has 0 aromatic heterocycles. The van der Waals surface area contributed by atoms with E-state index in [-0.39, 0.29) is 0 Å². The van der Waals surface area contributed by atoms with Crippen LogP contribution >= 0.6 is 25.3 Å². The van der Waals surface area contributed by atoms with Gasteiger partial charge in [-0.3, -0.25) is 0 Å². The molecular formula is C32H60N2S2. The van der Waals surface area contributed by atoms with Crippen LogP contribution in [0.15, 0.2) is 0 Å². The first kappa shape index (κ1) is 29.6. The molecule has 0 radical (unpaired) electrons. The Kier molecular flexibility index (Phi) is 11.3. The molecule has 4 rings (SSSR count). The van der Waals surface area contributed by atoms with Gasteiger partial charge in [-0.1, -0.05) is 40.0 Å². The van der Waals surface area contributed by atoms with E-state index in [9.17, 15) is 0 Å². The van der Waals surface area contributed by atoms with Crippen molar-refractivity contribution in [1.29, 1.82) is 0 Å². The maximum atomic E-state index is 4.40. The molecule has 0 heterocycles. The molecule has 4 heteroatoms. The van der Waals surface area contributed by atoms with E-state index >= 15 is 0 Å². The lowest BCUT2D eigenvalue weighted by Crippen LogP contribution is -2.52. The molecule has 0 spiro atoms. The molecule has 4 aliphatic carbocycles. The summed E-state index contributed by atoms with van der Waals surface area (Å²) in [5.74, 6) is 7.92. The molecule has 4 saturated carbocycles. The van der Waals surface area contributed by atoms with Crippen LogP contribution in [0.5, 0.6) is 0 Å². The van der Waals surface area contributed by atoms with Gasteiger partial charge in [0.25, 0.3) is 0 Å². The third-order valence-corrected chi connectivity index (χ3v) is 12.7. The van der Waals surface area contributed by atoms with Gasteiger partial charge in [-0.05, 0) is 137 Å². The fourth-order valence-electron chi connectivity index (χ4n) is 10.4. The van der Waals surface area contributed by atoms with Crippen molar-refractivity contribution in [2.24, 2.45) is 46.3 Å². The SMILES string of the molecule is C[C@H](CCCNCCCN(CCS)CCS)C1CCC2C3CCC4CCCCC[C@]4(C)C3CC[C@@]21C. The van der Waals surface area contributed by atoms with Gasteiger partial charge in [0.1, 0.15) is 0 Å². The molecule has 1 N–H and O–H groups in total. The third kappa shape index (κ3) is 6.49. The van der Waals surface area contributed by atoms with E-state index in [4.69, 9.17) is 0 Å². The Morgan fingerprint density at radius 1 is 0.778 bits per heavy atom. The second kappa shape index (κ2) is 13.8. The Labute approximate surface area is 236 Å². The maximum absolute atomic E-state index is 4.40. The van der Waals surface area contributed by atoms with Gasteiger partial charge in [0.15, 0.2) is 0 Å². The number of hydrogen-bond donors (Lipinski definition) is 3. The van der Waals surface area contributed by atoms with Crippen LogP contribution in [0.1, 0.15) is 111 Å². The standard InChI is InChI=1S/C32H60N2S2/c1-25(9-7-18-33-19-8-20-34(21-23-35)22-24-36)28-13-14-29-27-12-11-26-10-5-4-6-16-31(26,2)30(27)15-17-32(28,29)3/h25-30,33,35-36H,4-24H2,1-3H3/t25-,26?,27?,28?,29?,30?,31+,32-/m1/s1. The van der Waals surface area contributed by atoms with Gasteiger partial charge in [-0.2, -0.15) is 25.3 Å². The Morgan fingerprint density at radius 3 is 2.31 bits per heavy atom. The van der Waals surface area contributed by atoms with Crippen molar-refractivity contribution in [2.75, 3.05) is 44.2 Å². The Hall–Kier alpha value is 0.620. The molecule has 4 aliphatic rings. The molecule has 5 unspecified atom stereocenters. The molecule has 0 saturated heterocycles. The zero-order chi connectivity index (χ0) is 25.6. The van der Waals surface area contributed by atoms with Gasteiger partial charge < -0.3 is 10.2 Å². The van der Waals surface area contributed by atoms with Crippen molar-refractivity contribution < 1.29 is 0 Å². The lowest BCUT2D eigenvalue weighted by Gasteiger charge is -2.59. The Balaban J connectivity index is 1.22. The molecule has 36 heavy (non-hydrogen) atoms. The quantitative estimate of drug-likeness (QED) is 0.163. The van der Waals surface area contributed by atoms with Crippen molar-refractivity contribution >= 4 is 25.3 Å². The van der Waals surface area contributed by atoms with Crippen LogP contribution in [-0.2, 0) is 0 Å². The Morgan fingerprint density at radius 2 is 1.53 bits per heavy atom. The van der Waals surface area contributed by atoms with Gasteiger partial charge >= 0.3 is 0 Å². The summed E-state index contributed by atoms with van der Waals surface area (Å²) >= 11 is 8.80. The summed E-state index contributed by atoms with van der Waals surface area (Å²) in [7, 11) is 0. The summed E-state index contributed by atoms with van der Waals surface area (Å²) in [6.07, 6.45) is 20.9. The molecular weight excluding hydrogens is 477 g/mol. The van der Waals surface area contributed by atoms with Crippen LogP contribution in [0.3, 0.4) is 0 Å². The minimum Gasteiger partial charge on any atom is -0.317 e. The molecule has 8 atom stereocenters. The zero-order valence-corrected chi connectivity index (χ0v) is 25.9. The van der Waals surface area contributed by atoms with Gasteiger partial charge in [-0.25, -0.2) is 0 Å². The van der Waals surface area contributed by atoms with Crippen LogP contribution in [-0.4, -0.2) is 49.1 Å². The highest BCUT2D eigenvalue weighted by Crippen LogP contribution is 2.68. The summed E-state index contributed by atoms with van der Waals surface area (Å²) < 4.78 is 0. The zero-order valence-electron chi connectivity index (χ0n) is 24.2. The fraction of sp³-hybridized carbons (Fsp3) is 1.00. The molecule has 0 bridgehead atoms. The van der Waals surface area contributed by atoms with Crippen molar-refractivity contribution in [3.63, 3.8) is 0 Å². The monoisotopic (exact) mass is 536 g/mol. The Bertz CT molecular complexity index is 652. The van der Waals surface area contributed by atoms with Crippen molar-refractivity contribution in [3.05, 3.63) is 0 Å². The van der Waals surface area contributed by atoms with E-state index < -0.39 is 0 Å². The predicted molar refractivity (Wildman–Crippen MR) is 164 cm³/mol. The van der Waals surface area contributed by atoms with E-state index in [2.05, 4.69) is 56.2 Å². The van der Waals surface area contributed by atoms with E-state index in [1.807, 2.05) is 0 Å². The van der Waals surface area contributed by atoms with Gasteiger partial charge in [0.2, 0.25) is 0 Å². The van der Waals surface area contributed by atoms with E-state index in [0.717, 1.165) is 66.6 Å². The van der Waals surface area contributed by atoms with Crippen LogP contribution in [0.2, 0.25) is 0 Å². The smallest absolute Gasteiger partial charge is 0.00702 e. The first-order valence-electron chi connectivity index (χ1n) is 16.1. The first-order valence-corrected chi connectivity index (χ1v) is 17.4. The number of rotatable bonds is 13. The van der Waals surface area contributed by atoms with E-state index in [1.54, 1.807) is 32.1 Å². The lowest BCUT2D eigenvalue weighted by molar-refractivity contribution is -0.103. The predicted octanol–water partition coefficient (Wildman–Crippen LogP) is 7.98. The molecule has 210 valence electrons. The first-order chi connectivity index (χ1) is 17.4. The van der Waals surface area contributed by atoms with E-state index in [0.29, 0.717) is 10.8 Å². The number of thiol groups is 2. The highest BCUT2D eigenvalue weighted by atomic mass is 32.1. The second-order valence-corrected chi connectivity index (χ2v) is 14.9. The molecule has 0 aromatic carbocycles. The largest absolute Gasteiger partial charge is 0.317 e. The van der Waals surface area contributed by atoms with E-state index in [1.165, 1.54) is 70.9 Å². The topological polar surface area (TPSA) is 15.3 Å². The van der Waals surface area contributed by atoms with Crippen molar-refractivity contribution in [2.45, 2.75) is 111 Å². The molecule has 0 aromatic rings. The fourth-order valence-corrected chi connectivity index (χ4v) is 10.9. The van der Waals surface area contributed by atoms with Crippen LogP contribution in [0.25, 0.3) is 0 Å². The average molecular weight is 537 g/mol. The summed E-state index contributed by atoms with van der Waals surface area (Å²) in [6.45, 7) is 13.8. The summed E-state index contributed by atoms with van der Waals surface area (Å²) in [4.78, 5) is 2.50. The molecule has 0 amide bonds. The van der Waals surface area contributed by atoms with Gasteiger partial charge in [0.05, 0.1) is 0 Å². The van der Waals surface area contributed by atoms with Gasteiger partial charge in [-0.15, -0.1) is 0 Å². The van der Waals surface area contributed by atoms with Crippen molar-refractivity contribution in [1.82, 2.24) is 10.2 Å². The highest BCUT2D eigenvalue weighted by molar-refractivity contribution is 7.80. The number of nitrogens with zero attached hydrogens (tertiary/aromatic N) is 1. The van der Waals surface area contributed by atoms with Gasteiger partial charge in [0, 0.05) is 24.6 Å².